The summed E-state index contributed by atoms with van der Waals surface area (Å²) < 4.78 is 6.76. The largest absolute Gasteiger partial charge is 0.454 e. The molecule has 1 N–H and O–H groups in total. The van der Waals surface area contributed by atoms with Crippen LogP contribution in [0.5, 0.6) is 0 Å². The summed E-state index contributed by atoms with van der Waals surface area (Å²) >= 11 is 0. The second-order valence-corrected chi connectivity index (χ2v) is 8.26. The molecule has 2 aromatic rings. The Labute approximate surface area is 185 Å². The molecule has 1 saturated carbocycles. The minimum atomic E-state index is -0.783. The highest BCUT2D eigenvalue weighted by Gasteiger charge is 2.48. The summed E-state index contributed by atoms with van der Waals surface area (Å²) in [5.41, 5.74) is 2.77. The van der Waals surface area contributed by atoms with Crippen LogP contribution in [0.15, 0.2) is 30.3 Å². The maximum Gasteiger partial charge on any atom is 0.326 e. The average molecular weight is 438 g/mol. The normalized spacial score (nSPS) is 20.2. The van der Waals surface area contributed by atoms with Gasteiger partial charge in [-0.2, -0.15) is 5.10 Å². The van der Waals surface area contributed by atoms with Crippen LogP contribution in [0.4, 0.5) is 5.69 Å². The second-order valence-electron chi connectivity index (χ2n) is 8.26. The van der Waals surface area contributed by atoms with E-state index in [1.165, 1.54) is 0 Å². The monoisotopic (exact) mass is 438 g/mol. The fourth-order valence-corrected chi connectivity index (χ4v) is 4.53. The molecule has 9 nitrogen and oxygen atoms in total. The number of hydrogen-bond acceptors (Lipinski definition) is 6. The lowest BCUT2D eigenvalue weighted by molar-refractivity contribution is -0.154. The molecule has 0 spiro atoms. The van der Waals surface area contributed by atoms with Gasteiger partial charge in [-0.15, -0.1) is 0 Å². The molecule has 9 heteroatoms. The molecule has 4 rings (SSSR count). The van der Waals surface area contributed by atoms with Crippen molar-refractivity contribution in [1.29, 1.82) is 0 Å². The van der Waals surface area contributed by atoms with Crippen LogP contribution in [-0.2, 0) is 23.9 Å². The summed E-state index contributed by atoms with van der Waals surface area (Å²) in [4.78, 5) is 50.5. The topological polar surface area (TPSA) is 111 Å². The Morgan fingerprint density at radius 3 is 2.31 bits per heavy atom. The predicted molar refractivity (Wildman–Crippen MR) is 115 cm³/mol. The molecule has 2 heterocycles. The van der Waals surface area contributed by atoms with Gasteiger partial charge in [0, 0.05) is 0 Å². The average Bonchev–Trinajstić information content (AvgIpc) is 3.21. The van der Waals surface area contributed by atoms with Gasteiger partial charge in [-0.25, -0.2) is 4.68 Å². The van der Waals surface area contributed by atoms with Crippen molar-refractivity contribution in [2.24, 2.45) is 11.8 Å². The SMILES string of the molecule is Cc1nn(-c2ccccc2)c(C)c1NC(=O)COC(=O)CN1C(=O)[C@H]2CCCC[C@@H]2C1=O. The number of anilines is 1. The van der Waals surface area contributed by atoms with E-state index < -0.39 is 25.0 Å². The Morgan fingerprint density at radius 1 is 1.06 bits per heavy atom. The highest BCUT2D eigenvalue weighted by molar-refractivity contribution is 6.07. The third-order valence-electron chi connectivity index (χ3n) is 6.14. The molecule has 1 aliphatic carbocycles. The molecule has 3 amide bonds. The standard InChI is InChI=1S/C23H26N4O5/c1-14-21(15(2)27(25-14)16-8-4-3-5-9-16)24-19(28)13-32-20(29)12-26-22(30)17-10-6-7-11-18(17)23(26)31/h3-5,8-9,17-18H,6-7,10-13H2,1-2H3,(H,24,28)/t17-,18-/m0/s1. The molecule has 1 aliphatic heterocycles. The van der Waals surface area contributed by atoms with Crippen LogP contribution in [-0.4, -0.2) is 51.5 Å². The van der Waals surface area contributed by atoms with Crippen molar-refractivity contribution in [2.75, 3.05) is 18.5 Å². The van der Waals surface area contributed by atoms with Crippen molar-refractivity contribution in [3.63, 3.8) is 0 Å². The van der Waals surface area contributed by atoms with Crippen LogP contribution in [0.1, 0.15) is 37.1 Å². The second kappa shape index (κ2) is 8.94. The van der Waals surface area contributed by atoms with E-state index in [1.807, 2.05) is 37.3 Å². The number of carbonyl (C=O) groups is 4. The molecule has 0 unspecified atom stereocenters. The molecule has 2 atom stereocenters. The van der Waals surface area contributed by atoms with E-state index in [-0.39, 0.29) is 23.7 Å². The number of ether oxygens (including phenoxy) is 1. The third-order valence-corrected chi connectivity index (χ3v) is 6.14. The molecule has 1 aromatic carbocycles. The van der Waals surface area contributed by atoms with E-state index in [0.717, 1.165) is 29.1 Å². The van der Waals surface area contributed by atoms with Gasteiger partial charge < -0.3 is 10.1 Å². The third kappa shape index (κ3) is 4.15. The first kappa shape index (κ1) is 21.7. The smallest absolute Gasteiger partial charge is 0.326 e. The summed E-state index contributed by atoms with van der Waals surface area (Å²) in [5, 5.41) is 7.19. The van der Waals surface area contributed by atoms with Crippen molar-refractivity contribution in [1.82, 2.24) is 14.7 Å². The maximum atomic E-state index is 12.5. The van der Waals surface area contributed by atoms with Crippen LogP contribution in [0, 0.1) is 25.7 Å². The van der Waals surface area contributed by atoms with Gasteiger partial charge in [-0.05, 0) is 38.8 Å². The van der Waals surface area contributed by atoms with E-state index in [2.05, 4.69) is 10.4 Å². The number of amides is 3. The number of nitrogens with zero attached hydrogens (tertiary/aromatic N) is 3. The Bertz CT molecular complexity index is 1040. The van der Waals surface area contributed by atoms with Crippen LogP contribution < -0.4 is 5.32 Å². The number of imide groups is 1. The highest BCUT2D eigenvalue weighted by atomic mass is 16.5. The number of aromatic nitrogens is 2. The van der Waals surface area contributed by atoms with E-state index in [1.54, 1.807) is 11.6 Å². The number of aryl methyl sites for hydroxylation is 1. The van der Waals surface area contributed by atoms with Crippen molar-refractivity contribution < 1.29 is 23.9 Å². The number of nitrogens with one attached hydrogen (secondary N) is 1. The van der Waals surface area contributed by atoms with Crippen LogP contribution in [0.25, 0.3) is 5.69 Å². The van der Waals surface area contributed by atoms with E-state index in [9.17, 15) is 19.2 Å². The van der Waals surface area contributed by atoms with Gasteiger partial charge in [-0.1, -0.05) is 31.0 Å². The Balaban J connectivity index is 1.33. The van der Waals surface area contributed by atoms with Gasteiger partial charge >= 0.3 is 5.97 Å². The maximum absolute atomic E-state index is 12.5. The Kier molecular flexibility index (Phi) is 6.07. The number of likely N-dealkylation sites (tertiary alicyclic amines) is 1. The first-order chi connectivity index (χ1) is 15.4. The molecule has 2 fully saturated rings. The summed E-state index contributed by atoms with van der Waals surface area (Å²) in [7, 11) is 0. The molecule has 1 aromatic heterocycles. The summed E-state index contributed by atoms with van der Waals surface area (Å²) in [6.07, 6.45) is 3.19. The molecule has 32 heavy (non-hydrogen) atoms. The molecule has 168 valence electrons. The first-order valence-electron chi connectivity index (χ1n) is 10.8. The van der Waals surface area contributed by atoms with E-state index in [4.69, 9.17) is 4.74 Å². The number of para-hydroxylation sites is 1. The van der Waals surface area contributed by atoms with Crippen LogP contribution in [0.3, 0.4) is 0 Å². The number of hydrogen-bond donors (Lipinski definition) is 1. The Hall–Kier alpha value is -3.49. The van der Waals surface area contributed by atoms with E-state index in [0.29, 0.717) is 24.2 Å². The van der Waals surface area contributed by atoms with Gasteiger partial charge in [0.2, 0.25) is 11.8 Å². The van der Waals surface area contributed by atoms with Crippen molar-refractivity contribution in [3.8, 4) is 5.69 Å². The zero-order valence-electron chi connectivity index (χ0n) is 18.2. The number of benzene rings is 1. The summed E-state index contributed by atoms with van der Waals surface area (Å²) in [6, 6.07) is 9.51. The van der Waals surface area contributed by atoms with Gasteiger partial charge in [0.05, 0.1) is 34.6 Å². The van der Waals surface area contributed by atoms with Crippen LogP contribution in [0.2, 0.25) is 0 Å². The number of esters is 1. The van der Waals surface area contributed by atoms with Crippen molar-refractivity contribution >= 4 is 29.4 Å². The lowest BCUT2D eigenvalue weighted by atomic mass is 9.81. The fourth-order valence-electron chi connectivity index (χ4n) is 4.53. The molecule has 1 saturated heterocycles. The van der Waals surface area contributed by atoms with Gasteiger partial charge in [-0.3, -0.25) is 24.1 Å². The van der Waals surface area contributed by atoms with Gasteiger partial charge in [0.15, 0.2) is 6.61 Å². The quantitative estimate of drug-likeness (QED) is 0.547. The predicted octanol–water partition coefficient (Wildman–Crippen LogP) is 2.15. The van der Waals surface area contributed by atoms with Crippen molar-refractivity contribution in [2.45, 2.75) is 39.5 Å². The highest BCUT2D eigenvalue weighted by Crippen LogP contribution is 2.37. The number of rotatable bonds is 6. The fraction of sp³-hybridized carbons (Fsp3) is 0.435. The number of carbonyl (C=O) groups excluding carboxylic acids is 4. The van der Waals surface area contributed by atoms with Crippen molar-refractivity contribution in [3.05, 3.63) is 41.7 Å². The zero-order valence-corrected chi connectivity index (χ0v) is 18.2. The first-order valence-corrected chi connectivity index (χ1v) is 10.8. The number of fused-ring (bicyclic) bond motifs is 1. The Morgan fingerprint density at radius 2 is 1.69 bits per heavy atom. The zero-order chi connectivity index (χ0) is 22.8. The van der Waals surface area contributed by atoms with E-state index >= 15 is 0 Å². The molecule has 0 radical (unpaired) electrons. The molecule has 2 aliphatic rings. The lowest BCUT2D eigenvalue weighted by Gasteiger charge is -2.19. The summed E-state index contributed by atoms with van der Waals surface area (Å²) in [6.45, 7) is 2.63. The minimum Gasteiger partial charge on any atom is -0.454 e. The lowest BCUT2D eigenvalue weighted by Crippen LogP contribution is -2.37. The molecular formula is C23H26N4O5. The minimum absolute atomic E-state index is 0.305. The summed E-state index contributed by atoms with van der Waals surface area (Å²) in [5.74, 6) is -2.56. The molecular weight excluding hydrogens is 412 g/mol. The van der Waals surface area contributed by atoms with Gasteiger partial charge in [0.1, 0.15) is 6.54 Å². The van der Waals surface area contributed by atoms with Crippen LogP contribution >= 0.6 is 0 Å². The van der Waals surface area contributed by atoms with Gasteiger partial charge in [0.25, 0.3) is 5.91 Å². The molecule has 0 bridgehead atoms.